The summed E-state index contributed by atoms with van der Waals surface area (Å²) in [5, 5.41) is 17.8. The van der Waals surface area contributed by atoms with E-state index < -0.39 is 5.97 Å². The van der Waals surface area contributed by atoms with E-state index in [-0.39, 0.29) is 42.1 Å². The Morgan fingerprint density at radius 2 is 1.79 bits per heavy atom. The molecule has 2 N–H and O–H groups in total. The van der Waals surface area contributed by atoms with Crippen molar-refractivity contribution >= 4 is 5.97 Å². The fourth-order valence-electron chi connectivity index (χ4n) is 1.26. The molecule has 0 radical (unpaired) electrons. The first-order valence-corrected chi connectivity index (χ1v) is 5.06. The van der Waals surface area contributed by atoms with Crippen LogP contribution in [0.1, 0.15) is 51.9 Å². The van der Waals surface area contributed by atoms with Gasteiger partial charge in [-0.2, -0.15) is 0 Å². The number of aliphatic hydroxyl groups excluding tert-OH is 1. The van der Waals surface area contributed by atoms with Crippen LogP contribution in [0.4, 0.5) is 0 Å². The van der Waals surface area contributed by atoms with Crippen LogP contribution < -0.4 is 29.6 Å². The van der Waals surface area contributed by atoms with Crippen LogP contribution in [0.2, 0.25) is 0 Å². The predicted octanol–water partition coefficient (Wildman–Crippen LogP) is -0.813. The van der Waals surface area contributed by atoms with E-state index in [0.29, 0.717) is 12.8 Å². The van der Waals surface area contributed by atoms with E-state index >= 15 is 0 Å². The van der Waals surface area contributed by atoms with Gasteiger partial charge in [0.25, 0.3) is 0 Å². The molecule has 0 saturated heterocycles. The first-order valence-electron chi connectivity index (χ1n) is 5.06. The zero-order valence-corrected chi connectivity index (χ0v) is 11.3. The molecule has 0 heterocycles. The Hall–Kier alpha value is 0.430. The molecule has 1 atom stereocenters. The maximum absolute atomic E-state index is 10.2. The number of rotatable bonds is 8. The Morgan fingerprint density at radius 1 is 1.21 bits per heavy atom. The van der Waals surface area contributed by atoms with Crippen LogP contribution in [0.15, 0.2) is 0 Å². The van der Waals surface area contributed by atoms with Gasteiger partial charge in [0.2, 0.25) is 0 Å². The minimum Gasteiger partial charge on any atom is -0.481 e. The zero-order valence-electron chi connectivity index (χ0n) is 9.33. The molecule has 78 valence electrons. The molecule has 0 aromatic carbocycles. The second kappa shape index (κ2) is 11.5. The molecule has 0 aliphatic heterocycles. The number of carbonyl (C=O) groups is 1. The van der Waals surface area contributed by atoms with Gasteiger partial charge < -0.3 is 10.2 Å². The van der Waals surface area contributed by atoms with Crippen LogP contribution in [-0.4, -0.2) is 22.3 Å². The number of aliphatic carboxylic acids is 1. The molecule has 1 unspecified atom stereocenters. The van der Waals surface area contributed by atoms with Crippen molar-refractivity contribution in [3.05, 3.63) is 0 Å². The second-order valence-corrected chi connectivity index (χ2v) is 3.44. The van der Waals surface area contributed by atoms with E-state index in [2.05, 4.69) is 6.92 Å². The van der Waals surface area contributed by atoms with Crippen LogP contribution in [0.5, 0.6) is 0 Å². The minimum absolute atomic E-state index is 0. The van der Waals surface area contributed by atoms with Crippen LogP contribution in [0, 0.1) is 0 Å². The number of carboxylic acid groups (broad SMARTS) is 1. The Bertz CT molecular complexity index is 139. The fraction of sp³-hybridized carbons (Fsp3) is 0.900. The molecule has 4 heteroatoms. The smallest absolute Gasteiger partial charge is 0.481 e. The summed E-state index contributed by atoms with van der Waals surface area (Å²) in [6.45, 7) is 2.12. The van der Waals surface area contributed by atoms with Crippen molar-refractivity contribution in [1.29, 1.82) is 0 Å². The molecule has 0 aliphatic rings. The van der Waals surface area contributed by atoms with Crippen molar-refractivity contribution in [2.24, 2.45) is 0 Å². The Kier molecular flexibility index (Phi) is 13.8. The minimum atomic E-state index is -0.777. The molecular weight excluding hydrogens is 191 g/mol. The zero-order chi connectivity index (χ0) is 10.1. The number of aliphatic hydroxyl groups is 1. The van der Waals surface area contributed by atoms with Crippen molar-refractivity contribution < 1.29 is 44.6 Å². The van der Waals surface area contributed by atoms with Gasteiger partial charge in [0.05, 0.1) is 6.10 Å². The summed E-state index contributed by atoms with van der Waals surface area (Å²) in [5.74, 6) is -0.777. The topological polar surface area (TPSA) is 57.5 Å². The van der Waals surface area contributed by atoms with Crippen molar-refractivity contribution in [3.8, 4) is 0 Å². The summed E-state index contributed by atoms with van der Waals surface area (Å²) in [6, 6.07) is 0. The van der Waals surface area contributed by atoms with Gasteiger partial charge in [-0.1, -0.05) is 26.2 Å². The van der Waals surface area contributed by atoms with Gasteiger partial charge in [0.15, 0.2) is 0 Å². The summed E-state index contributed by atoms with van der Waals surface area (Å²) in [5.41, 5.74) is 0. The van der Waals surface area contributed by atoms with Gasteiger partial charge in [-0.15, -0.1) is 0 Å². The van der Waals surface area contributed by atoms with Crippen molar-refractivity contribution in [3.63, 3.8) is 0 Å². The van der Waals surface area contributed by atoms with Crippen LogP contribution in [0.25, 0.3) is 0 Å². The molecule has 0 fully saturated rings. The Balaban J connectivity index is 0. The Morgan fingerprint density at radius 3 is 2.29 bits per heavy atom. The fourth-order valence-corrected chi connectivity index (χ4v) is 1.26. The molecule has 0 bridgehead atoms. The molecule has 0 spiro atoms. The predicted molar refractivity (Wildman–Crippen MR) is 51.6 cm³/mol. The van der Waals surface area contributed by atoms with E-state index in [1.165, 1.54) is 0 Å². The van der Waals surface area contributed by atoms with Crippen molar-refractivity contribution in [1.82, 2.24) is 0 Å². The van der Waals surface area contributed by atoms with Gasteiger partial charge in [0, 0.05) is 6.42 Å². The van der Waals surface area contributed by atoms with Gasteiger partial charge in [-0.05, 0) is 19.3 Å². The van der Waals surface area contributed by atoms with E-state index in [1.807, 2.05) is 0 Å². The molecular formula is C10H20NaO3+. The molecule has 3 nitrogen and oxygen atoms in total. The summed E-state index contributed by atoms with van der Waals surface area (Å²) < 4.78 is 0. The maximum Gasteiger partial charge on any atom is 1.00 e. The maximum atomic E-state index is 10.2. The van der Waals surface area contributed by atoms with Crippen molar-refractivity contribution in [2.75, 3.05) is 0 Å². The first-order chi connectivity index (χ1) is 6.16. The van der Waals surface area contributed by atoms with E-state index in [1.54, 1.807) is 0 Å². The number of hydrogen-bond acceptors (Lipinski definition) is 2. The van der Waals surface area contributed by atoms with Crippen LogP contribution in [-0.2, 0) is 4.79 Å². The van der Waals surface area contributed by atoms with Crippen molar-refractivity contribution in [2.45, 2.75) is 58.0 Å². The summed E-state index contributed by atoms with van der Waals surface area (Å²) >= 11 is 0. The van der Waals surface area contributed by atoms with Crippen LogP contribution >= 0.6 is 0 Å². The van der Waals surface area contributed by atoms with E-state index in [9.17, 15) is 9.90 Å². The second-order valence-electron chi connectivity index (χ2n) is 3.44. The van der Waals surface area contributed by atoms with Gasteiger partial charge in [-0.3, -0.25) is 4.79 Å². The summed E-state index contributed by atoms with van der Waals surface area (Å²) in [7, 11) is 0. The number of carboxylic acids is 1. The average Bonchev–Trinajstić information content (AvgIpc) is 2.04. The van der Waals surface area contributed by atoms with Crippen LogP contribution in [0.3, 0.4) is 0 Å². The monoisotopic (exact) mass is 211 g/mol. The molecule has 0 aromatic rings. The summed E-state index contributed by atoms with van der Waals surface area (Å²) in [4.78, 5) is 10.2. The summed E-state index contributed by atoms with van der Waals surface area (Å²) in [6.07, 6.45) is 5.24. The first kappa shape index (κ1) is 16.8. The number of hydrogen-bond donors (Lipinski definition) is 2. The van der Waals surface area contributed by atoms with E-state index in [0.717, 1.165) is 25.7 Å². The quantitative estimate of drug-likeness (QED) is 0.408. The third-order valence-corrected chi connectivity index (χ3v) is 2.07. The van der Waals surface area contributed by atoms with E-state index in [4.69, 9.17) is 5.11 Å². The Labute approximate surface area is 108 Å². The molecule has 0 aliphatic carbocycles. The van der Waals surface area contributed by atoms with Gasteiger partial charge >= 0.3 is 35.5 Å². The molecule has 14 heavy (non-hydrogen) atoms. The average molecular weight is 211 g/mol. The largest absolute Gasteiger partial charge is 1.00 e. The third kappa shape index (κ3) is 12.4. The molecule has 0 saturated carbocycles. The molecule has 0 rings (SSSR count). The van der Waals surface area contributed by atoms with Gasteiger partial charge in [-0.25, -0.2) is 0 Å². The van der Waals surface area contributed by atoms with Gasteiger partial charge in [0.1, 0.15) is 0 Å². The standard InChI is InChI=1S/C10H20O3.Na/c1-2-3-4-6-9(11)7-5-8-10(12)13;/h9,11H,2-8H2,1H3,(H,12,13);/q;+1. The normalized spacial score (nSPS) is 11.9. The molecule has 0 aromatic heterocycles. The molecule has 0 amide bonds. The third-order valence-electron chi connectivity index (χ3n) is 2.07. The number of unbranched alkanes of at least 4 members (excludes halogenated alkanes) is 2. The SMILES string of the molecule is CCCCCC(O)CCCC(=O)O.[Na+].